The standard InChI is InChI=1S/C15H19FN2O/c16-10-6-4-9(5-7-10)11-2-1-3-12(11)14-8-13(17)15(19)18-14/h4-7,11-14H,1-3,8,17H2,(H,18,19)/t11-,12+,13-,14+/m0/s1. The molecular formula is C15H19FN2O. The molecule has 2 fully saturated rings. The van der Waals surface area contributed by atoms with Crippen LogP contribution in [0.2, 0.25) is 0 Å². The summed E-state index contributed by atoms with van der Waals surface area (Å²) in [4.78, 5) is 11.5. The molecule has 3 rings (SSSR count). The molecule has 0 aromatic heterocycles. The van der Waals surface area contributed by atoms with Crippen LogP contribution in [0.25, 0.3) is 0 Å². The van der Waals surface area contributed by atoms with E-state index in [4.69, 9.17) is 5.73 Å². The Bertz CT molecular complexity index is 474. The molecule has 0 radical (unpaired) electrons. The Hall–Kier alpha value is -1.42. The van der Waals surface area contributed by atoms with Crippen molar-refractivity contribution >= 4 is 5.91 Å². The van der Waals surface area contributed by atoms with Gasteiger partial charge < -0.3 is 11.1 Å². The lowest BCUT2D eigenvalue weighted by molar-refractivity contribution is -0.120. The summed E-state index contributed by atoms with van der Waals surface area (Å²) in [6, 6.07) is 6.59. The molecule has 0 unspecified atom stereocenters. The molecule has 1 amide bonds. The lowest BCUT2D eigenvalue weighted by Gasteiger charge is -2.25. The maximum atomic E-state index is 13.0. The van der Waals surface area contributed by atoms with Crippen molar-refractivity contribution in [3.8, 4) is 0 Å². The normalized spacial score (nSPS) is 34.5. The second-order valence-electron chi connectivity index (χ2n) is 5.71. The van der Waals surface area contributed by atoms with Gasteiger partial charge in [-0.15, -0.1) is 0 Å². The van der Waals surface area contributed by atoms with Crippen LogP contribution in [0.4, 0.5) is 4.39 Å². The fourth-order valence-electron chi connectivity index (χ4n) is 3.61. The number of nitrogens with two attached hydrogens (primary N) is 1. The molecule has 1 aromatic carbocycles. The summed E-state index contributed by atoms with van der Waals surface area (Å²) in [5.74, 6) is 0.614. The van der Waals surface area contributed by atoms with E-state index in [-0.39, 0.29) is 23.8 Å². The summed E-state index contributed by atoms with van der Waals surface area (Å²) < 4.78 is 13.0. The Morgan fingerprint density at radius 2 is 1.95 bits per heavy atom. The van der Waals surface area contributed by atoms with Crippen LogP contribution in [-0.2, 0) is 4.79 Å². The number of benzene rings is 1. The third kappa shape index (κ3) is 2.37. The summed E-state index contributed by atoms with van der Waals surface area (Å²) in [7, 11) is 0. The van der Waals surface area contributed by atoms with E-state index < -0.39 is 0 Å². The second kappa shape index (κ2) is 4.93. The lowest BCUT2D eigenvalue weighted by Crippen LogP contribution is -2.35. The average Bonchev–Trinajstić information content (AvgIpc) is 2.98. The topological polar surface area (TPSA) is 55.1 Å². The summed E-state index contributed by atoms with van der Waals surface area (Å²) in [5.41, 5.74) is 6.96. The van der Waals surface area contributed by atoms with Gasteiger partial charge in [-0.2, -0.15) is 0 Å². The molecule has 1 aromatic rings. The summed E-state index contributed by atoms with van der Waals surface area (Å²) in [6.45, 7) is 0. The van der Waals surface area contributed by atoms with Gasteiger partial charge in [0.25, 0.3) is 0 Å². The fraction of sp³-hybridized carbons (Fsp3) is 0.533. The highest BCUT2D eigenvalue weighted by Gasteiger charge is 2.40. The number of carbonyl (C=O) groups is 1. The van der Waals surface area contributed by atoms with Gasteiger partial charge in [0.1, 0.15) is 5.82 Å². The molecule has 102 valence electrons. The monoisotopic (exact) mass is 262 g/mol. The van der Waals surface area contributed by atoms with E-state index >= 15 is 0 Å². The van der Waals surface area contributed by atoms with Crippen LogP contribution in [0.15, 0.2) is 24.3 Å². The van der Waals surface area contributed by atoms with E-state index in [0.29, 0.717) is 11.8 Å². The second-order valence-corrected chi connectivity index (χ2v) is 5.71. The van der Waals surface area contributed by atoms with Crippen molar-refractivity contribution in [3.05, 3.63) is 35.6 Å². The van der Waals surface area contributed by atoms with E-state index in [1.165, 1.54) is 17.7 Å². The minimum atomic E-state index is -0.362. The maximum Gasteiger partial charge on any atom is 0.237 e. The number of amides is 1. The molecular weight excluding hydrogens is 243 g/mol. The Kier molecular flexibility index (Phi) is 3.27. The Morgan fingerprint density at radius 3 is 2.58 bits per heavy atom. The Balaban J connectivity index is 1.78. The zero-order chi connectivity index (χ0) is 13.4. The molecule has 4 heteroatoms. The summed E-state index contributed by atoms with van der Waals surface area (Å²) in [6.07, 6.45) is 4.10. The predicted octanol–water partition coefficient (Wildman–Crippen LogP) is 1.93. The summed E-state index contributed by atoms with van der Waals surface area (Å²) in [5, 5.41) is 3.02. The first-order valence-corrected chi connectivity index (χ1v) is 6.96. The van der Waals surface area contributed by atoms with E-state index in [1.807, 2.05) is 12.1 Å². The van der Waals surface area contributed by atoms with Crippen LogP contribution >= 0.6 is 0 Å². The highest BCUT2D eigenvalue weighted by atomic mass is 19.1. The van der Waals surface area contributed by atoms with Crippen LogP contribution < -0.4 is 11.1 Å². The van der Waals surface area contributed by atoms with Crippen LogP contribution in [0.1, 0.15) is 37.2 Å². The number of halogens is 1. The SMILES string of the molecule is N[C@H]1C[C@H]([C@@H]2CCC[C@H]2c2ccc(F)cc2)NC1=O. The van der Waals surface area contributed by atoms with Crippen molar-refractivity contribution in [1.82, 2.24) is 5.32 Å². The molecule has 1 aliphatic carbocycles. The molecule has 1 saturated heterocycles. The van der Waals surface area contributed by atoms with Gasteiger partial charge in [-0.1, -0.05) is 18.6 Å². The summed E-state index contributed by atoms with van der Waals surface area (Å²) >= 11 is 0. The molecule has 0 bridgehead atoms. The van der Waals surface area contributed by atoms with Crippen molar-refractivity contribution in [2.24, 2.45) is 11.7 Å². The van der Waals surface area contributed by atoms with Gasteiger partial charge in [-0.25, -0.2) is 4.39 Å². The van der Waals surface area contributed by atoms with Crippen LogP contribution in [0.5, 0.6) is 0 Å². The largest absolute Gasteiger partial charge is 0.352 e. The Labute approximate surface area is 112 Å². The molecule has 19 heavy (non-hydrogen) atoms. The number of hydrogen-bond acceptors (Lipinski definition) is 2. The predicted molar refractivity (Wildman–Crippen MR) is 71.0 cm³/mol. The molecule has 3 N–H and O–H groups in total. The zero-order valence-corrected chi connectivity index (χ0v) is 10.8. The first-order valence-electron chi connectivity index (χ1n) is 6.96. The quantitative estimate of drug-likeness (QED) is 0.855. The Morgan fingerprint density at radius 1 is 1.21 bits per heavy atom. The molecule has 2 aliphatic rings. The van der Waals surface area contributed by atoms with Crippen LogP contribution in [0.3, 0.4) is 0 Å². The van der Waals surface area contributed by atoms with Gasteiger partial charge in [-0.3, -0.25) is 4.79 Å². The van der Waals surface area contributed by atoms with E-state index in [0.717, 1.165) is 25.7 Å². The molecule has 4 atom stereocenters. The minimum Gasteiger partial charge on any atom is -0.352 e. The average molecular weight is 262 g/mol. The van der Waals surface area contributed by atoms with E-state index in [9.17, 15) is 9.18 Å². The van der Waals surface area contributed by atoms with Crippen molar-refractivity contribution in [2.45, 2.75) is 43.7 Å². The highest BCUT2D eigenvalue weighted by molar-refractivity contribution is 5.84. The molecule has 0 spiro atoms. The van der Waals surface area contributed by atoms with Crippen LogP contribution in [-0.4, -0.2) is 18.0 Å². The first-order chi connectivity index (χ1) is 9.15. The van der Waals surface area contributed by atoms with Gasteiger partial charge >= 0.3 is 0 Å². The van der Waals surface area contributed by atoms with Crippen molar-refractivity contribution < 1.29 is 9.18 Å². The van der Waals surface area contributed by atoms with Gasteiger partial charge in [0.05, 0.1) is 6.04 Å². The molecule has 1 heterocycles. The third-order valence-electron chi connectivity index (χ3n) is 4.56. The maximum absolute atomic E-state index is 13.0. The van der Waals surface area contributed by atoms with Crippen LogP contribution in [0, 0.1) is 11.7 Å². The zero-order valence-electron chi connectivity index (χ0n) is 10.8. The van der Waals surface area contributed by atoms with E-state index in [1.54, 1.807) is 0 Å². The minimum absolute atomic E-state index is 0.0326. The molecule has 1 aliphatic heterocycles. The van der Waals surface area contributed by atoms with Crippen molar-refractivity contribution in [2.75, 3.05) is 0 Å². The van der Waals surface area contributed by atoms with Gasteiger partial charge in [-0.05, 0) is 48.8 Å². The lowest BCUT2D eigenvalue weighted by atomic mass is 9.83. The van der Waals surface area contributed by atoms with Gasteiger partial charge in [0.15, 0.2) is 0 Å². The van der Waals surface area contributed by atoms with Gasteiger partial charge in [0.2, 0.25) is 5.91 Å². The number of carbonyl (C=O) groups excluding carboxylic acids is 1. The highest BCUT2D eigenvalue weighted by Crippen LogP contribution is 2.43. The number of rotatable bonds is 2. The molecule has 1 saturated carbocycles. The number of hydrogen-bond donors (Lipinski definition) is 2. The van der Waals surface area contributed by atoms with Gasteiger partial charge in [0, 0.05) is 6.04 Å². The smallest absolute Gasteiger partial charge is 0.237 e. The van der Waals surface area contributed by atoms with Crippen molar-refractivity contribution in [1.29, 1.82) is 0 Å². The first kappa shape index (κ1) is 12.6. The fourth-order valence-corrected chi connectivity index (χ4v) is 3.61. The molecule has 3 nitrogen and oxygen atoms in total. The van der Waals surface area contributed by atoms with E-state index in [2.05, 4.69) is 5.32 Å². The third-order valence-corrected chi connectivity index (χ3v) is 4.56. The number of nitrogens with one attached hydrogen (secondary N) is 1. The van der Waals surface area contributed by atoms with Crippen molar-refractivity contribution in [3.63, 3.8) is 0 Å².